The monoisotopic (exact) mass is 286 g/mol. The molecule has 0 aliphatic carbocycles. The van der Waals surface area contributed by atoms with Crippen LogP contribution in [0.3, 0.4) is 0 Å². The van der Waals surface area contributed by atoms with E-state index in [4.69, 9.17) is 5.73 Å². The molecule has 0 radical (unpaired) electrons. The minimum atomic E-state index is 0.734. The number of aromatic nitrogens is 3. The van der Waals surface area contributed by atoms with Gasteiger partial charge >= 0.3 is 0 Å². The van der Waals surface area contributed by atoms with Gasteiger partial charge in [0.2, 0.25) is 0 Å². The molecule has 0 spiro atoms. The second-order valence-corrected chi connectivity index (χ2v) is 5.12. The first kappa shape index (κ1) is 12.6. The van der Waals surface area contributed by atoms with Crippen molar-refractivity contribution >= 4 is 11.3 Å². The zero-order valence-corrected chi connectivity index (χ0v) is 11.8. The molecular weight excluding hydrogens is 272 g/mol. The van der Waals surface area contributed by atoms with Crippen molar-refractivity contribution in [1.29, 1.82) is 0 Å². The number of nitrogen functional groups attached to an aromatic ring is 1. The zero-order valence-electron chi connectivity index (χ0n) is 11.8. The van der Waals surface area contributed by atoms with E-state index in [0.29, 0.717) is 0 Å². The van der Waals surface area contributed by atoms with Crippen LogP contribution in [0.1, 0.15) is 0 Å². The highest BCUT2D eigenvalue weighted by molar-refractivity contribution is 5.79. The summed E-state index contributed by atoms with van der Waals surface area (Å²) in [4.78, 5) is 4.50. The van der Waals surface area contributed by atoms with E-state index >= 15 is 0 Å². The number of rotatable bonds is 2. The lowest BCUT2D eigenvalue weighted by molar-refractivity contribution is 0.948. The van der Waals surface area contributed by atoms with Crippen LogP contribution < -0.4 is 5.73 Å². The van der Waals surface area contributed by atoms with Crippen molar-refractivity contribution in [2.24, 2.45) is 0 Å². The van der Waals surface area contributed by atoms with Gasteiger partial charge in [-0.2, -0.15) is 5.10 Å². The Hall–Kier alpha value is -3.14. The number of nitrogens with two attached hydrogens (primary N) is 1. The Balaban J connectivity index is 1.95. The maximum atomic E-state index is 5.89. The fraction of sp³-hybridized carbons (Fsp3) is 0. The third kappa shape index (κ3) is 2.02. The van der Waals surface area contributed by atoms with Crippen LogP contribution in [0.15, 0.2) is 73.1 Å². The van der Waals surface area contributed by atoms with Gasteiger partial charge in [0.1, 0.15) is 0 Å². The van der Waals surface area contributed by atoms with Gasteiger partial charge < -0.3 is 5.73 Å². The van der Waals surface area contributed by atoms with Crippen molar-refractivity contribution in [2.45, 2.75) is 0 Å². The van der Waals surface area contributed by atoms with Crippen LogP contribution in [-0.2, 0) is 0 Å². The van der Waals surface area contributed by atoms with Crippen LogP contribution in [0.5, 0.6) is 0 Å². The predicted octanol–water partition coefficient (Wildman–Crippen LogP) is 3.65. The highest BCUT2D eigenvalue weighted by Crippen LogP contribution is 2.27. The second kappa shape index (κ2) is 5.00. The molecule has 0 aliphatic heterocycles. The molecule has 0 saturated heterocycles. The number of hydrogen-bond acceptors (Lipinski definition) is 3. The molecule has 0 atom stereocenters. The Morgan fingerprint density at radius 1 is 0.864 bits per heavy atom. The summed E-state index contributed by atoms with van der Waals surface area (Å²) in [5, 5.41) is 4.51. The molecule has 0 bridgehead atoms. The van der Waals surface area contributed by atoms with Crippen LogP contribution in [0.4, 0.5) is 5.69 Å². The summed E-state index contributed by atoms with van der Waals surface area (Å²) in [5.41, 5.74) is 11.6. The van der Waals surface area contributed by atoms with Gasteiger partial charge in [-0.05, 0) is 23.8 Å². The third-order valence-electron chi connectivity index (χ3n) is 3.67. The Bertz CT molecular complexity index is 942. The molecule has 22 heavy (non-hydrogen) atoms. The Morgan fingerprint density at radius 2 is 1.68 bits per heavy atom. The summed E-state index contributed by atoms with van der Waals surface area (Å²) in [6, 6.07) is 19.9. The number of nitrogens with zero attached hydrogens (tertiary/aromatic N) is 3. The average Bonchev–Trinajstić information content (AvgIpc) is 2.99. The third-order valence-corrected chi connectivity index (χ3v) is 3.67. The number of hydrogen-bond donors (Lipinski definition) is 1. The van der Waals surface area contributed by atoms with Crippen LogP contribution >= 0.6 is 0 Å². The first-order valence-corrected chi connectivity index (χ1v) is 7.07. The van der Waals surface area contributed by atoms with Crippen molar-refractivity contribution in [3.05, 3.63) is 73.1 Å². The summed E-state index contributed by atoms with van der Waals surface area (Å²) < 4.78 is 1.86. The van der Waals surface area contributed by atoms with Crippen molar-refractivity contribution in [3.63, 3.8) is 0 Å². The van der Waals surface area contributed by atoms with Crippen LogP contribution in [-0.4, -0.2) is 14.6 Å². The molecule has 4 aromatic rings. The molecule has 2 aromatic heterocycles. The molecule has 4 rings (SSSR count). The Morgan fingerprint density at radius 3 is 2.50 bits per heavy atom. The van der Waals surface area contributed by atoms with Gasteiger partial charge in [0.15, 0.2) is 5.65 Å². The van der Waals surface area contributed by atoms with E-state index in [0.717, 1.165) is 33.7 Å². The van der Waals surface area contributed by atoms with E-state index in [9.17, 15) is 0 Å². The minimum absolute atomic E-state index is 0.734. The first-order valence-electron chi connectivity index (χ1n) is 7.07. The largest absolute Gasteiger partial charge is 0.399 e. The number of fused-ring (bicyclic) bond motifs is 1. The molecule has 4 heteroatoms. The summed E-state index contributed by atoms with van der Waals surface area (Å²) in [7, 11) is 0. The van der Waals surface area contributed by atoms with Crippen molar-refractivity contribution in [2.75, 3.05) is 5.73 Å². The highest BCUT2D eigenvalue weighted by Gasteiger charge is 2.11. The van der Waals surface area contributed by atoms with E-state index in [1.165, 1.54) is 0 Å². The van der Waals surface area contributed by atoms with Gasteiger partial charge in [-0.1, -0.05) is 42.5 Å². The van der Waals surface area contributed by atoms with E-state index in [1.807, 2.05) is 65.4 Å². The quantitative estimate of drug-likeness (QED) is 0.572. The molecule has 0 aliphatic rings. The van der Waals surface area contributed by atoms with Crippen LogP contribution in [0.2, 0.25) is 0 Å². The molecular formula is C18H14N4. The van der Waals surface area contributed by atoms with Gasteiger partial charge in [0.05, 0.1) is 11.9 Å². The standard InChI is InChI=1S/C18H14N4/c19-15-8-4-7-14(11-15)17-9-10-20-18-16(12-21-22(17)18)13-5-2-1-3-6-13/h1-12H,19H2. The summed E-state index contributed by atoms with van der Waals surface area (Å²) in [5.74, 6) is 0. The second-order valence-electron chi connectivity index (χ2n) is 5.12. The highest BCUT2D eigenvalue weighted by atomic mass is 15.3. The smallest absolute Gasteiger partial charge is 0.163 e. The lowest BCUT2D eigenvalue weighted by atomic mass is 10.1. The summed E-state index contributed by atoms with van der Waals surface area (Å²) in [6.07, 6.45) is 3.66. The molecule has 0 fully saturated rings. The molecule has 0 saturated carbocycles. The molecule has 0 unspecified atom stereocenters. The fourth-order valence-corrected chi connectivity index (χ4v) is 2.63. The van der Waals surface area contributed by atoms with E-state index < -0.39 is 0 Å². The first-order chi connectivity index (χ1) is 10.8. The molecule has 2 heterocycles. The lowest BCUT2D eigenvalue weighted by Crippen LogP contribution is -1.96. The topological polar surface area (TPSA) is 56.2 Å². The Labute approximate surface area is 127 Å². The number of benzene rings is 2. The van der Waals surface area contributed by atoms with Crippen molar-refractivity contribution in [3.8, 4) is 22.4 Å². The van der Waals surface area contributed by atoms with Gasteiger partial charge in [-0.25, -0.2) is 9.50 Å². The maximum Gasteiger partial charge on any atom is 0.163 e. The van der Waals surface area contributed by atoms with Gasteiger partial charge in [0, 0.05) is 23.0 Å². The predicted molar refractivity (Wildman–Crippen MR) is 88.3 cm³/mol. The summed E-state index contributed by atoms with van der Waals surface area (Å²) >= 11 is 0. The lowest BCUT2D eigenvalue weighted by Gasteiger charge is -2.06. The van der Waals surface area contributed by atoms with Crippen LogP contribution in [0.25, 0.3) is 28.0 Å². The van der Waals surface area contributed by atoms with Crippen LogP contribution in [0, 0.1) is 0 Å². The molecule has 2 N–H and O–H groups in total. The zero-order chi connectivity index (χ0) is 14.9. The fourth-order valence-electron chi connectivity index (χ4n) is 2.63. The number of anilines is 1. The van der Waals surface area contributed by atoms with E-state index in [1.54, 1.807) is 0 Å². The van der Waals surface area contributed by atoms with Gasteiger partial charge in [0.25, 0.3) is 0 Å². The Kier molecular flexibility index (Phi) is 2.86. The van der Waals surface area contributed by atoms with Crippen molar-refractivity contribution in [1.82, 2.24) is 14.6 Å². The van der Waals surface area contributed by atoms with E-state index in [2.05, 4.69) is 22.2 Å². The molecule has 0 amide bonds. The normalized spacial score (nSPS) is 10.9. The van der Waals surface area contributed by atoms with Gasteiger partial charge in [-0.3, -0.25) is 0 Å². The molecule has 2 aromatic carbocycles. The van der Waals surface area contributed by atoms with Gasteiger partial charge in [-0.15, -0.1) is 0 Å². The maximum absolute atomic E-state index is 5.89. The summed E-state index contributed by atoms with van der Waals surface area (Å²) in [6.45, 7) is 0. The average molecular weight is 286 g/mol. The van der Waals surface area contributed by atoms with Crippen molar-refractivity contribution < 1.29 is 0 Å². The molecule has 4 nitrogen and oxygen atoms in total. The SMILES string of the molecule is Nc1cccc(-c2ccnc3c(-c4ccccc4)cnn23)c1. The minimum Gasteiger partial charge on any atom is -0.399 e. The van der Waals surface area contributed by atoms with E-state index in [-0.39, 0.29) is 0 Å². The molecule has 106 valence electrons.